The lowest BCUT2D eigenvalue weighted by Gasteiger charge is -2.21. The molecule has 0 atom stereocenters. The van der Waals surface area contributed by atoms with Crippen molar-refractivity contribution in [3.8, 4) is 5.75 Å². The molecule has 1 fully saturated rings. The minimum Gasteiger partial charge on any atom is -0.507 e. The van der Waals surface area contributed by atoms with Crippen molar-refractivity contribution >= 4 is 11.5 Å². The van der Waals surface area contributed by atoms with Gasteiger partial charge in [-0.25, -0.2) is 4.79 Å². The number of ether oxygens (including phenoxy) is 2. The van der Waals surface area contributed by atoms with E-state index >= 15 is 0 Å². The first-order valence-electron chi connectivity index (χ1n) is 8.11. The average molecular weight is 356 g/mol. The Morgan fingerprint density at radius 2 is 1.76 bits per heavy atom. The molecule has 0 aromatic heterocycles. The molecule has 136 valence electrons. The van der Waals surface area contributed by atoms with E-state index < -0.39 is 24.4 Å². The second-order valence-corrected chi connectivity index (χ2v) is 6.65. The second kappa shape index (κ2) is 5.97. The van der Waals surface area contributed by atoms with E-state index in [2.05, 4.69) is 0 Å². The number of benzene rings is 1. The summed E-state index contributed by atoms with van der Waals surface area (Å²) in [6, 6.07) is 2.86. The van der Waals surface area contributed by atoms with E-state index in [-0.39, 0.29) is 17.1 Å². The molecule has 1 N–H and O–H groups in total. The lowest BCUT2D eigenvalue weighted by molar-refractivity contribution is -0.153. The Kier molecular flexibility index (Phi) is 4.21. The first-order valence-corrected chi connectivity index (χ1v) is 8.11. The maximum atomic E-state index is 12.4. The van der Waals surface area contributed by atoms with Crippen LogP contribution in [-0.4, -0.2) is 29.5 Å². The number of esters is 1. The SMILES string of the molecule is Cc1cc(OCC(F)(F)F)cc(C)c1C1=C(O)C2(CCCC2)OC1=O. The highest BCUT2D eigenvalue weighted by molar-refractivity contribution is 6.20. The monoisotopic (exact) mass is 356 g/mol. The number of alkyl halides is 3. The van der Waals surface area contributed by atoms with Gasteiger partial charge in [0.15, 0.2) is 18.0 Å². The highest BCUT2D eigenvalue weighted by Crippen LogP contribution is 2.47. The second-order valence-electron chi connectivity index (χ2n) is 6.65. The van der Waals surface area contributed by atoms with Crippen LogP contribution in [0.3, 0.4) is 0 Å². The van der Waals surface area contributed by atoms with Crippen LogP contribution in [0.4, 0.5) is 13.2 Å². The topological polar surface area (TPSA) is 55.8 Å². The predicted molar refractivity (Wildman–Crippen MR) is 84.3 cm³/mol. The van der Waals surface area contributed by atoms with Crippen molar-refractivity contribution in [1.29, 1.82) is 0 Å². The Morgan fingerprint density at radius 3 is 2.28 bits per heavy atom. The Labute approximate surface area is 143 Å². The van der Waals surface area contributed by atoms with Crippen molar-refractivity contribution in [2.24, 2.45) is 0 Å². The molecule has 1 aromatic carbocycles. The van der Waals surface area contributed by atoms with Gasteiger partial charge in [0, 0.05) is 0 Å². The molecule has 1 spiro atoms. The van der Waals surface area contributed by atoms with Gasteiger partial charge in [-0.3, -0.25) is 0 Å². The third-order valence-electron chi connectivity index (χ3n) is 4.73. The molecular weight excluding hydrogens is 337 g/mol. The zero-order valence-electron chi connectivity index (χ0n) is 14.0. The molecule has 1 aliphatic carbocycles. The summed E-state index contributed by atoms with van der Waals surface area (Å²) in [5.41, 5.74) is 0.762. The van der Waals surface area contributed by atoms with Crippen LogP contribution in [0.25, 0.3) is 5.57 Å². The van der Waals surface area contributed by atoms with Gasteiger partial charge < -0.3 is 14.6 Å². The first kappa shape index (κ1) is 17.6. The summed E-state index contributed by atoms with van der Waals surface area (Å²) in [5.74, 6) is -0.585. The van der Waals surface area contributed by atoms with Crippen molar-refractivity contribution in [2.75, 3.05) is 6.61 Å². The molecule has 0 radical (unpaired) electrons. The minimum absolute atomic E-state index is 0.0647. The smallest absolute Gasteiger partial charge is 0.422 e. The molecule has 2 aliphatic rings. The number of aliphatic hydroxyl groups is 1. The number of carbonyl (C=O) groups is 1. The van der Waals surface area contributed by atoms with Crippen LogP contribution < -0.4 is 4.74 Å². The Morgan fingerprint density at radius 1 is 1.20 bits per heavy atom. The predicted octanol–water partition coefficient (Wildman–Crippen LogP) is 4.38. The third kappa shape index (κ3) is 3.19. The van der Waals surface area contributed by atoms with Gasteiger partial charge in [-0.2, -0.15) is 13.2 Å². The van der Waals surface area contributed by atoms with E-state index in [0.717, 1.165) is 12.8 Å². The van der Waals surface area contributed by atoms with E-state index in [9.17, 15) is 23.1 Å². The number of hydrogen-bond acceptors (Lipinski definition) is 4. The lowest BCUT2D eigenvalue weighted by Crippen LogP contribution is -2.27. The number of aryl methyl sites for hydroxylation is 2. The van der Waals surface area contributed by atoms with Gasteiger partial charge >= 0.3 is 12.1 Å². The minimum atomic E-state index is -4.43. The van der Waals surface area contributed by atoms with E-state index in [0.29, 0.717) is 29.5 Å². The van der Waals surface area contributed by atoms with Gasteiger partial charge in [-0.05, 0) is 68.4 Å². The molecule has 4 nitrogen and oxygen atoms in total. The number of aliphatic hydroxyl groups excluding tert-OH is 1. The Bertz CT molecular complexity index is 720. The van der Waals surface area contributed by atoms with E-state index in [4.69, 9.17) is 9.47 Å². The van der Waals surface area contributed by atoms with Crippen LogP contribution in [0, 0.1) is 13.8 Å². The van der Waals surface area contributed by atoms with Gasteiger partial charge in [0.2, 0.25) is 0 Å². The number of halogens is 3. The average Bonchev–Trinajstić information content (AvgIpc) is 3.05. The third-order valence-corrected chi connectivity index (χ3v) is 4.73. The number of hydrogen-bond donors (Lipinski definition) is 1. The summed E-state index contributed by atoms with van der Waals surface area (Å²) in [6.45, 7) is 1.94. The molecule has 0 saturated heterocycles. The lowest BCUT2D eigenvalue weighted by atomic mass is 9.91. The molecule has 0 unspecified atom stereocenters. The molecule has 25 heavy (non-hydrogen) atoms. The van der Waals surface area contributed by atoms with E-state index in [1.54, 1.807) is 13.8 Å². The largest absolute Gasteiger partial charge is 0.507 e. The van der Waals surface area contributed by atoms with Gasteiger partial charge in [0.1, 0.15) is 11.3 Å². The van der Waals surface area contributed by atoms with Crippen molar-refractivity contribution in [3.63, 3.8) is 0 Å². The summed E-state index contributed by atoms with van der Waals surface area (Å²) < 4.78 is 47.2. The fraction of sp³-hybridized carbons (Fsp3) is 0.500. The molecule has 1 saturated carbocycles. The van der Waals surface area contributed by atoms with Crippen LogP contribution in [0.5, 0.6) is 5.75 Å². The molecule has 1 heterocycles. The molecule has 1 aromatic rings. The molecule has 1 aliphatic heterocycles. The molecule has 7 heteroatoms. The Hall–Kier alpha value is -2.18. The summed E-state index contributed by atoms with van der Waals surface area (Å²) in [5, 5.41) is 10.6. The maximum absolute atomic E-state index is 12.4. The van der Waals surface area contributed by atoms with Crippen molar-refractivity contribution in [3.05, 3.63) is 34.6 Å². The summed E-state index contributed by atoms with van der Waals surface area (Å²) >= 11 is 0. The van der Waals surface area contributed by atoms with Crippen molar-refractivity contribution in [1.82, 2.24) is 0 Å². The van der Waals surface area contributed by atoms with Crippen LogP contribution >= 0.6 is 0 Å². The standard InChI is InChI=1S/C18H19F3O4/c1-10-7-12(24-9-18(19,20)21)8-11(2)13(10)14-15(22)17(25-16(14)23)5-3-4-6-17/h7-8,22H,3-6,9H2,1-2H3. The van der Waals surface area contributed by atoms with Crippen LogP contribution in [0.15, 0.2) is 17.9 Å². The zero-order chi connectivity index (χ0) is 18.4. The molecular formula is C18H19F3O4. The van der Waals surface area contributed by atoms with Crippen LogP contribution in [-0.2, 0) is 9.53 Å². The molecule has 3 rings (SSSR count). The van der Waals surface area contributed by atoms with Crippen LogP contribution in [0.1, 0.15) is 42.4 Å². The van der Waals surface area contributed by atoms with Gasteiger partial charge in [-0.15, -0.1) is 0 Å². The van der Waals surface area contributed by atoms with Gasteiger partial charge in [-0.1, -0.05) is 0 Å². The fourth-order valence-corrected chi connectivity index (χ4v) is 3.67. The summed E-state index contributed by atoms with van der Waals surface area (Å²) in [4.78, 5) is 12.4. The first-order chi connectivity index (χ1) is 11.6. The van der Waals surface area contributed by atoms with Crippen molar-refractivity contribution < 1.29 is 32.5 Å². The van der Waals surface area contributed by atoms with Gasteiger partial charge in [0.25, 0.3) is 0 Å². The number of carbonyl (C=O) groups excluding carboxylic acids is 1. The number of rotatable bonds is 3. The fourth-order valence-electron chi connectivity index (χ4n) is 3.67. The van der Waals surface area contributed by atoms with Gasteiger partial charge in [0.05, 0.1) is 0 Å². The van der Waals surface area contributed by atoms with Crippen molar-refractivity contribution in [2.45, 2.75) is 51.3 Å². The normalized spacial score (nSPS) is 19.6. The quantitative estimate of drug-likeness (QED) is 0.817. The zero-order valence-corrected chi connectivity index (χ0v) is 14.0. The summed E-state index contributed by atoms with van der Waals surface area (Å²) in [6.07, 6.45) is -1.52. The highest BCUT2D eigenvalue weighted by atomic mass is 19.4. The Balaban J connectivity index is 1.97. The van der Waals surface area contributed by atoms with E-state index in [1.807, 2.05) is 0 Å². The summed E-state index contributed by atoms with van der Waals surface area (Å²) in [7, 11) is 0. The molecule has 0 bridgehead atoms. The molecule has 0 amide bonds. The van der Waals surface area contributed by atoms with Crippen LogP contribution in [0.2, 0.25) is 0 Å². The highest BCUT2D eigenvalue weighted by Gasteiger charge is 2.50. The maximum Gasteiger partial charge on any atom is 0.422 e. The van der Waals surface area contributed by atoms with E-state index in [1.165, 1.54) is 12.1 Å².